The van der Waals surface area contributed by atoms with Gasteiger partial charge in [-0.2, -0.15) is 0 Å². The van der Waals surface area contributed by atoms with Crippen LogP contribution in [0.15, 0.2) is 0 Å². The Hall–Kier alpha value is -0.410. The van der Waals surface area contributed by atoms with Gasteiger partial charge in [0.2, 0.25) is 0 Å². The van der Waals surface area contributed by atoms with Gasteiger partial charge in [0.15, 0.2) is 5.78 Å². The largest absolute Gasteiger partial charge is 0.383 e. The average Bonchev–Trinajstić information content (AvgIpc) is 2.15. The highest BCUT2D eigenvalue weighted by Gasteiger charge is 2.34. The van der Waals surface area contributed by atoms with Crippen molar-refractivity contribution in [1.29, 1.82) is 0 Å². The van der Waals surface area contributed by atoms with Gasteiger partial charge < -0.3 is 9.84 Å². The number of Topliss-reactive ketones (excluding diaryl/α,β-unsaturated/α-hetero) is 1. The fourth-order valence-corrected chi connectivity index (χ4v) is 2.06. The van der Waals surface area contributed by atoms with Crippen molar-refractivity contribution in [3.8, 4) is 0 Å². The Labute approximate surface area is 85.5 Å². The molecule has 0 saturated heterocycles. The molecular formula is C11H20O3. The molecule has 0 radical (unpaired) electrons. The number of rotatable bonds is 3. The maximum Gasteiger partial charge on any atom is 0.166 e. The van der Waals surface area contributed by atoms with Crippen LogP contribution < -0.4 is 0 Å². The molecule has 1 rings (SSSR count). The number of hydrogen-bond donors (Lipinski definition) is 1. The summed E-state index contributed by atoms with van der Waals surface area (Å²) in [5.41, 5.74) is -1.18. The molecule has 14 heavy (non-hydrogen) atoms. The molecule has 0 unspecified atom stereocenters. The Morgan fingerprint density at radius 1 is 1.29 bits per heavy atom. The molecule has 1 saturated carbocycles. The molecule has 0 aromatic heterocycles. The van der Waals surface area contributed by atoms with Crippen molar-refractivity contribution in [1.82, 2.24) is 0 Å². The summed E-state index contributed by atoms with van der Waals surface area (Å²) in [6.45, 7) is 3.13. The number of hydrogen-bond acceptors (Lipinski definition) is 3. The van der Waals surface area contributed by atoms with Crippen LogP contribution in [0.1, 0.15) is 39.5 Å². The first-order chi connectivity index (χ1) is 6.45. The van der Waals surface area contributed by atoms with Crippen LogP contribution in [0.25, 0.3) is 0 Å². The topological polar surface area (TPSA) is 46.5 Å². The zero-order valence-electron chi connectivity index (χ0n) is 9.25. The summed E-state index contributed by atoms with van der Waals surface area (Å²) in [5.74, 6) is 0.00783. The Balaban J connectivity index is 2.46. The van der Waals surface area contributed by atoms with Crippen LogP contribution in [0.4, 0.5) is 0 Å². The number of carbonyl (C=O) groups is 1. The van der Waals surface area contributed by atoms with Gasteiger partial charge in [0, 0.05) is 13.0 Å². The monoisotopic (exact) mass is 200 g/mol. The Bertz CT molecular complexity index is 197. The molecule has 3 nitrogen and oxygen atoms in total. The average molecular weight is 200 g/mol. The number of ether oxygens (including phenoxy) is 1. The van der Waals surface area contributed by atoms with Gasteiger partial charge in [-0.15, -0.1) is 0 Å². The van der Waals surface area contributed by atoms with E-state index in [4.69, 9.17) is 4.74 Å². The minimum Gasteiger partial charge on any atom is -0.383 e. The number of methoxy groups -OCH3 is 1. The van der Waals surface area contributed by atoms with Crippen molar-refractivity contribution in [3.63, 3.8) is 0 Å². The van der Waals surface area contributed by atoms with E-state index in [-0.39, 0.29) is 11.7 Å². The highest BCUT2D eigenvalue weighted by molar-refractivity contribution is 5.88. The maximum absolute atomic E-state index is 11.7. The van der Waals surface area contributed by atoms with Gasteiger partial charge in [0.25, 0.3) is 0 Å². The predicted molar refractivity (Wildman–Crippen MR) is 54.1 cm³/mol. The summed E-state index contributed by atoms with van der Waals surface area (Å²) in [6.07, 6.45) is 3.87. The molecule has 0 bridgehead atoms. The lowest BCUT2D eigenvalue weighted by molar-refractivity contribution is -0.140. The van der Waals surface area contributed by atoms with Gasteiger partial charge in [0.05, 0.1) is 6.10 Å². The molecule has 0 aliphatic heterocycles. The van der Waals surface area contributed by atoms with E-state index in [2.05, 4.69) is 0 Å². The zero-order chi connectivity index (χ0) is 10.8. The number of carbonyl (C=O) groups excluding carboxylic acids is 1. The van der Waals surface area contributed by atoms with Crippen LogP contribution >= 0.6 is 0 Å². The van der Waals surface area contributed by atoms with Gasteiger partial charge in [-0.3, -0.25) is 4.79 Å². The molecule has 0 aromatic carbocycles. The lowest BCUT2D eigenvalue weighted by atomic mass is 9.80. The lowest BCUT2D eigenvalue weighted by Gasteiger charge is -2.30. The van der Waals surface area contributed by atoms with Crippen LogP contribution in [0.2, 0.25) is 0 Å². The van der Waals surface area contributed by atoms with Crippen LogP contribution in [-0.4, -0.2) is 29.7 Å². The molecule has 0 aromatic rings. The van der Waals surface area contributed by atoms with Crippen molar-refractivity contribution in [2.24, 2.45) is 5.92 Å². The van der Waals surface area contributed by atoms with E-state index in [0.717, 1.165) is 25.7 Å². The number of aliphatic hydroxyl groups is 1. The summed E-state index contributed by atoms with van der Waals surface area (Å²) in [5, 5.41) is 9.58. The standard InChI is InChI=1S/C11H20O3/c1-11(2,13)10(12)8-4-6-9(14-3)7-5-8/h8-9,13H,4-7H2,1-3H3. The highest BCUT2D eigenvalue weighted by atomic mass is 16.5. The maximum atomic E-state index is 11.7. The second kappa shape index (κ2) is 4.41. The highest BCUT2D eigenvalue weighted by Crippen LogP contribution is 2.29. The van der Waals surface area contributed by atoms with Crippen molar-refractivity contribution >= 4 is 5.78 Å². The fourth-order valence-electron chi connectivity index (χ4n) is 2.06. The van der Waals surface area contributed by atoms with E-state index in [9.17, 15) is 9.90 Å². The summed E-state index contributed by atoms with van der Waals surface area (Å²) < 4.78 is 5.23. The van der Waals surface area contributed by atoms with E-state index in [1.54, 1.807) is 21.0 Å². The smallest absolute Gasteiger partial charge is 0.166 e. The van der Waals surface area contributed by atoms with E-state index < -0.39 is 5.60 Å². The third-order valence-corrected chi connectivity index (χ3v) is 2.98. The third-order valence-electron chi connectivity index (χ3n) is 2.98. The summed E-state index contributed by atoms with van der Waals surface area (Å²) in [6, 6.07) is 0. The Morgan fingerprint density at radius 2 is 1.79 bits per heavy atom. The first-order valence-corrected chi connectivity index (χ1v) is 5.24. The van der Waals surface area contributed by atoms with Crippen LogP contribution in [0.3, 0.4) is 0 Å². The quantitative estimate of drug-likeness (QED) is 0.751. The number of ketones is 1. The van der Waals surface area contributed by atoms with Crippen molar-refractivity contribution in [2.45, 2.75) is 51.2 Å². The molecule has 0 amide bonds. The minimum absolute atomic E-state index is 0.0212. The van der Waals surface area contributed by atoms with E-state index in [1.807, 2.05) is 0 Å². The summed E-state index contributed by atoms with van der Waals surface area (Å²) in [4.78, 5) is 11.7. The molecule has 1 N–H and O–H groups in total. The van der Waals surface area contributed by atoms with Gasteiger partial charge in [-0.05, 0) is 39.5 Å². The SMILES string of the molecule is COC1CCC(C(=O)C(C)(C)O)CC1. The van der Waals surface area contributed by atoms with Gasteiger partial charge in [0.1, 0.15) is 5.60 Å². The first-order valence-electron chi connectivity index (χ1n) is 5.24. The van der Waals surface area contributed by atoms with Crippen LogP contribution in [0.5, 0.6) is 0 Å². The summed E-state index contributed by atoms with van der Waals surface area (Å²) in [7, 11) is 1.71. The predicted octanol–water partition coefficient (Wildman–Crippen LogP) is 1.53. The zero-order valence-corrected chi connectivity index (χ0v) is 9.25. The molecular weight excluding hydrogens is 180 g/mol. The molecule has 82 valence electrons. The van der Waals surface area contributed by atoms with E-state index in [1.165, 1.54) is 0 Å². The Morgan fingerprint density at radius 3 is 2.14 bits per heavy atom. The second-order valence-electron chi connectivity index (χ2n) is 4.63. The van der Waals surface area contributed by atoms with Crippen molar-refractivity contribution < 1.29 is 14.6 Å². The molecule has 1 aliphatic carbocycles. The lowest BCUT2D eigenvalue weighted by Crippen LogP contribution is -2.39. The van der Waals surface area contributed by atoms with E-state index in [0.29, 0.717) is 6.10 Å². The normalized spacial score (nSPS) is 28.9. The van der Waals surface area contributed by atoms with Gasteiger partial charge in [-0.25, -0.2) is 0 Å². The van der Waals surface area contributed by atoms with Crippen LogP contribution in [0, 0.1) is 5.92 Å². The summed E-state index contributed by atoms with van der Waals surface area (Å²) >= 11 is 0. The molecule has 0 heterocycles. The minimum atomic E-state index is -1.18. The Kier molecular flexibility index (Phi) is 3.67. The fraction of sp³-hybridized carbons (Fsp3) is 0.909. The molecule has 0 atom stereocenters. The third kappa shape index (κ3) is 2.79. The van der Waals surface area contributed by atoms with Gasteiger partial charge >= 0.3 is 0 Å². The first kappa shape index (κ1) is 11.7. The van der Waals surface area contributed by atoms with E-state index >= 15 is 0 Å². The second-order valence-corrected chi connectivity index (χ2v) is 4.63. The van der Waals surface area contributed by atoms with Crippen molar-refractivity contribution in [2.75, 3.05) is 7.11 Å². The van der Waals surface area contributed by atoms with Gasteiger partial charge in [-0.1, -0.05) is 0 Å². The molecule has 3 heteroatoms. The molecule has 1 fully saturated rings. The van der Waals surface area contributed by atoms with Crippen molar-refractivity contribution in [3.05, 3.63) is 0 Å². The molecule has 0 spiro atoms. The van der Waals surface area contributed by atoms with Crippen LogP contribution in [-0.2, 0) is 9.53 Å². The molecule has 1 aliphatic rings.